The lowest BCUT2D eigenvalue weighted by Gasteiger charge is -2.39. The van der Waals surface area contributed by atoms with Gasteiger partial charge in [-0.3, -0.25) is 4.79 Å². The molecule has 0 amide bonds. The minimum atomic E-state index is -1.58. The van der Waals surface area contributed by atoms with Gasteiger partial charge in [-0.2, -0.15) is 0 Å². The number of hydrogen-bond acceptors (Lipinski definition) is 9. The second kappa shape index (κ2) is 9.49. The molecule has 27 heavy (non-hydrogen) atoms. The second-order valence-corrected chi connectivity index (χ2v) is 6.49. The number of carbonyl (C=O) groups is 1. The topological polar surface area (TPSA) is 135 Å². The molecule has 0 aliphatic carbocycles. The molecule has 0 bridgehead atoms. The number of benzene rings is 1. The largest absolute Gasteiger partial charge is 0.493 e. The lowest BCUT2D eigenvalue weighted by Crippen LogP contribution is -2.60. The normalized spacial score (nSPS) is 28.2. The Kier molecular flexibility index (Phi) is 7.59. The summed E-state index contributed by atoms with van der Waals surface area (Å²) in [6.45, 7) is -0.580. The van der Waals surface area contributed by atoms with Gasteiger partial charge >= 0.3 is 0 Å². The molecule has 1 heterocycles. The van der Waals surface area contributed by atoms with E-state index in [2.05, 4.69) is 15.9 Å². The van der Waals surface area contributed by atoms with Crippen molar-refractivity contribution in [1.29, 1.82) is 0 Å². The highest BCUT2D eigenvalue weighted by atomic mass is 79.9. The highest BCUT2D eigenvalue weighted by Gasteiger charge is 2.45. The maximum atomic E-state index is 11.0. The van der Waals surface area contributed by atoms with E-state index in [-0.39, 0.29) is 21.9 Å². The van der Waals surface area contributed by atoms with Crippen molar-refractivity contribution in [3.8, 4) is 17.2 Å². The Morgan fingerprint density at radius 3 is 2.22 bits per heavy atom. The summed E-state index contributed by atoms with van der Waals surface area (Å²) in [4.78, 5) is 11.0. The summed E-state index contributed by atoms with van der Waals surface area (Å²) in [5, 5.41) is 39.1. The zero-order chi connectivity index (χ0) is 20.1. The van der Waals surface area contributed by atoms with Crippen LogP contribution in [0.2, 0.25) is 0 Å². The van der Waals surface area contributed by atoms with Crippen molar-refractivity contribution < 1.29 is 44.2 Å². The summed E-state index contributed by atoms with van der Waals surface area (Å²) >= 11 is 2.79. The van der Waals surface area contributed by atoms with Gasteiger partial charge in [-0.25, -0.2) is 0 Å². The predicted molar refractivity (Wildman–Crippen MR) is 96.9 cm³/mol. The number of methoxy groups -OCH3 is 2. The lowest BCUT2D eigenvalue weighted by atomic mass is 9.99. The number of ether oxygens (including phenoxy) is 4. The van der Waals surface area contributed by atoms with Crippen molar-refractivity contribution in [2.24, 2.45) is 0 Å². The van der Waals surface area contributed by atoms with Crippen molar-refractivity contribution in [1.82, 2.24) is 0 Å². The van der Waals surface area contributed by atoms with E-state index in [1.54, 1.807) is 12.1 Å². The van der Waals surface area contributed by atoms with Gasteiger partial charge in [0.25, 0.3) is 0 Å². The first-order valence-electron chi connectivity index (χ1n) is 7.93. The zero-order valence-electron chi connectivity index (χ0n) is 14.6. The Balaban J connectivity index is 2.35. The van der Waals surface area contributed by atoms with Crippen molar-refractivity contribution in [2.75, 3.05) is 20.8 Å². The molecule has 1 aliphatic rings. The van der Waals surface area contributed by atoms with Crippen LogP contribution in [0.25, 0.3) is 6.08 Å². The molecule has 10 heteroatoms. The molecule has 0 spiro atoms. The van der Waals surface area contributed by atoms with Crippen LogP contribution < -0.4 is 14.2 Å². The van der Waals surface area contributed by atoms with Gasteiger partial charge in [0.1, 0.15) is 24.4 Å². The number of allylic oxidation sites excluding steroid dienone is 1. The van der Waals surface area contributed by atoms with E-state index in [1.807, 2.05) is 0 Å². The maximum Gasteiger partial charge on any atom is 0.229 e. The number of carbonyl (C=O) groups excluding carboxylic acids is 1. The molecule has 5 atom stereocenters. The molecule has 1 aliphatic heterocycles. The van der Waals surface area contributed by atoms with Crippen LogP contribution in [-0.4, -0.2) is 76.7 Å². The van der Waals surface area contributed by atoms with E-state index in [0.717, 1.165) is 0 Å². The molecule has 0 aromatic heterocycles. The minimum absolute atomic E-state index is 0.0756. The first kappa shape index (κ1) is 21.6. The molecule has 2 rings (SSSR count). The summed E-state index contributed by atoms with van der Waals surface area (Å²) in [5.41, 5.74) is 0.581. The molecule has 0 unspecified atom stereocenters. The van der Waals surface area contributed by atoms with Crippen molar-refractivity contribution in [3.05, 3.63) is 23.8 Å². The molecule has 150 valence electrons. The van der Waals surface area contributed by atoms with Crippen LogP contribution in [0.3, 0.4) is 0 Å². The number of aliphatic hydroxyl groups excluding tert-OH is 4. The fourth-order valence-corrected chi connectivity index (χ4v) is 2.69. The van der Waals surface area contributed by atoms with Crippen molar-refractivity contribution >= 4 is 26.7 Å². The van der Waals surface area contributed by atoms with E-state index in [4.69, 9.17) is 18.9 Å². The average molecular weight is 449 g/mol. The van der Waals surface area contributed by atoms with Crippen LogP contribution in [0.1, 0.15) is 5.56 Å². The molecular formula is C17H21BrO9. The van der Waals surface area contributed by atoms with E-state index in [9.17, 15) is 25.2 Å². The first-order valence-corrected chi connectivity index (χ1v) is 8.72. The van der Waals surface area contributed by atoms with Gasteiger partial charge in [0, 0.05) is 0 Å². The second-order valence-electron chi connectivity index (χ2n) is 5.71. The Morgan fingerprint density at radius 2 is 1.74 bits per heavy atom. The third kappa shape index (κ3) is 4.98. The monoisotopic (exact) mass is 448 g/mol. The third-order valence-electron chi connectivity index (χ3n) is 3.97. The first-order chi connectivity index (χ1) is 12.8. The fraction of sp³-hybridized carbons (Fsp3) is 0.471. The van der Waals surface area contributed by atoms with Crippen molar-refractivity contribution in [2.45, 2.75) is 30.7 Å². The van der Waals surface area contributed by atoms with Crippen LogP contribution in [-0.2, 0) is 9.53 Å². The van der Waals surface area contributed by atoms with Gasteiger partial charge in [0.05, 0.1) is 20.8 Å². The molecule has 1 aromatic rings. The van der Waals surface area contributed by atoms with Crippen LogP contribution in [0.4, 0.5) is 0 Å². The standard InChI is InChI=1S/C17H21BrO9/c1-24-9-5-8(3-4-12(18)20)6-10(25-2)16(9)27-17-15(23)14(22)13(21)11(7-19)26-17/h3-6,11,13-15,17,19,21-23H,7H2,1-2H3/t11-,13+,14+,15-,17+/m1/s1. The Hall–Kier alpha value is -1.69. The summed E-state index contributed by atoms with van der Waals surface area (Å²) in [6.07, 6.45) is -4.34. The van der Waals surface area contributed by atoms with E-state index in [1.165, 1.54) is 26.4 Å². The van der Waals surface area contributed by atoms with E-state index in [0.29, 0.717) is 5.56 Å². The van der Waals surface area contributed by atoms with E-state index < -0.39 is 37.3 Å². The summed E-state index contributed by atoms with van der Waals surface area (Å²) in [5.74, 6) is 0.507. The Morgan fingerprint density at radius 1 is 1.15 bits per heavy atom. The highest BCUT2D eigenvalue weighted by molar-refractivity contribution is 9.18. The summed E-state index contributed by atoms with van der Waals surface area (Å²) in [7, 11) is 2.77. The molecule has 1 aromatic carbocycles. The van der Waals surface area contributed by atoms with E-state index >= 15 is 0 Å². The SMILES string of the molecule is COc1cc(C=CC(=O)Br)cc(OC)c1O[C@@H]1O[C@H](CO)[C@H](O)[C@H](O)[C@H]1O. The van der Waals surface area contributed by atoms with Crippen LogP contribution in [0, 0.1) is 0 Å². The average Bonchev–Trinajstić information content (AvgIpc) is 2.66. The Bertz CT molecular complexity index is 666. The molecule has 1 saturated heterocycles. The minimum Gasteiger partial charge on any atom is -0.493 e. The number of hydrogen-bond donors (Lipinski definition) is 4. The maximum absolute atomic E-state index is 11.0. The summed E-state index contributed by atoms with van der Waals surface area (Å²) < 4.78 is 21.2. The van der Waals surface area contributed by atoms with Crippen LogP contribution in [0.5, 0.6) is 17.2 Å². The highest BCUT2D eigenvalue weighted by Crippen LogP contribution is 2.40. The predicted octanol–water partition coefficient (Wildman–Crippen LogP) is -0.183. The zero-order valence-corrected chi connectivity index (χ0v) is 16.2. The van der Waals surface area contributed by atoms with Gasteiger partial charge in [0.2, 0.25) is 16.7 Å². The number of halogens is 1. The molecule has 0 radical (unpaired) electrons. The van der Waals surface area contributed by atoms with Crippen molar-refractivity contribution in [3.63, 3.8) is 0 Å². The Labute approximate surface area is 163 Å². The smallest absolute Gasteiger partial charge is 0.229 e. The lowest BCUT2D eigenvalue weighted by molar-refractivity contribution is -0.277. The molecular weight excluding hydrogens is 428 g/mol. The van der Waals surface area contributed by atoms with Crippen LogP contribution in [0.15, 0.2) is 18.2 Å². The number of aliphatic hydroxyl groups is 4. The molecule has 4 N–H and O–H groups in total. The van der Waals surface area contributed by atoms with Gasteiger partial charge < -0.3 is 39.4 Å². The number of rotatable bonds is 7. The summed E-state index contributed by atoms with van der Waals surface area (Å²) in [6, 6.07) is 3.13. The quantitative estimate of drug-likeness (QED) is 0.330. The molecule has 9 nitrogen and oxygen atoms in total. The van der Waals surface area contributed by atoms with Gasteiger partial charge in [-0.1, -0.05) is 6.08 Å². The molecule has 1 fully saturated rings. The van der Waals surface area contributed by atoms with Crippen LogP contribution >= 0.6 is 15.9 Å². The van der Waals surface area contributed by atoms with Gasteiger partial charge in [-0.15, -0.1) is 0 Å². The third-order valence-corrected chi connectivity index (χ3v) is 4.24. The van der Waals surface area contributed by atoms with Gasteiger partial charge in [0.15, 0.2) is 11.5 Å². The van der Waals surface area contributed by atoms with Gasteiger partial charge in [-0.05, 0) is 39.7 Å². The fourth-order valence-electron chi connectivity index (χ4n) is 2.56. The molecule has 0 saturated carbocycles.